The summed E-state index contributed by atoms with van der Waals surface area (Å²) in [4.78, 5) is 37.7. The topological polar surface area (TPSA) is 84.4 Å². The summed E-state index contributed by atoms with van der Waals surface area (Å²) in [7, 11) is 1.80. The molecule has 43 heavy (non-hydrogen) atoms. The number of allylic oxidation sites excluding steroid dienone is 4. The van der Waals surface area contributed by atoms with E-state index in [4.69, 9.17) is 9.72 Å². The third-order valence-corrected chi connectivity index (χ3v) is 7.30. The zero-order chi connectivity index (χ0) is 31.1. The molecular formula is C36H40N4O3. The number of aryl methyl sites for hydroxylation is 2. The van der Waals surface area contributed by atoms with Crippen molar-refractivity contribution in [3.63, 3.8) is 0 Å². The van der Waals surface area contributed by atoms with Crippen molar-refractivity contribution in [1.29, 1.82) is 0 Å². The van der Waals surface area contributed by atoms with Crippen LogP contribution in [0.2, 0.25) is 0 Å². The molecule has 0 aliphatic rings. The van der Waals surface area contributed by atoms with Crippen LogP contribution in [-0.4, -0.2) is 40.3 Å². The van der Waals surface area contributed by atoms with Crippen LogP contribution in [0.1, 0.15) is 72.4 Å². The number of amides is 2. The lowest BCUT2D eigenvalue weighted by Crippen LogP contribution is -2.27. The Morgan fingerprint density at radius 3 is 2.37 bits per heavy atom. The van der Waals surface area contributed by atoms with E-state index in [0.29, 0.717) is 34.7 Å². The standard InChI is InChI=1S/C36H40N4O3/c1-8-26(6)43-33(23(2)3)13-11-19-40(7)36(42)27-14-16-28(17-15-27)38-35(41)30-22-32(31-12-9-10-18-37-31)39-34-25(5)20-24(4)21-29(30)34/h8-10,12,14-18,20-22H,11,13,19H2,1-7H3,(H,38,41)/b26-8-. The lowest BCUT2D eigenvalue weighted by molar-refractivity contribution is 0.0791. The lowest BCUT2D eigenvalue weighted by Gasteiger charge is -2.19. The monoisotopic (exact) mass is 576 g/mol. The van der Waals surface area contributed by atoms with Gasteiger partial charge in [-0.2, -0.15) is 0 Å². The molecule has 0 aliphatic heterocycles. The van der Waals surface area contributed by atoms with Gasteiger partial charge < -0.3 is 15.0 Å². The number of hydrogen-bond donors (Lipinski definition) is 1. The lowest BCUT2D eigenvalue weighted by atomic mass is 10.00. The molecule has 0 unspecified atom stereocenters. The molecule has 4 aromatic rings. The predicted molar refractivity (Wildman–Crippen MR) is 174 cm³/mol. The molecule has 0 saturated carbocycles. The average molecular weight is 577 g/mol. The van der Waals surface area contributed by atoms with Crippen molar-refractivity contribution in [1.82, 2.24) is 14.9 Å². The van der Waals surface area contributed by atoms with E-state index in [2.05, 4.69) is 16.4 Å². The highest BCUT2D eigenvalue weighted by Gasteiger charge is 2.18. The molecule has 7 heteroatoms. The summed E-state index contributed by atoms with van der Waals surface area (Å²) in [5.41, 5.74) is 6.94. The summed E-state index contributed by atoms with van der Waals surface area (Å²) in [5.74, 6) is 1.48. The van der Waals surface area contributed by atoms with Crippen LogP contribution in [0, 0.1) is 13.8 Å². The second-order valence-corrected chi connectivity index (χ2v) is 11.0. The van der Waals surface area contributed by atoms with Crippen LogP contribution < -0.4 is 5.32 Å². The quantitative estimate of drug-likeness (QED) is 0.192. The summed E-state index contributed by atoms with van der Waals surface area (Å²) in [6.45, 7) is 12.6. The Morgan fingerprint density at radius 1 is 0.977 bits per heavy atom. The summed E-state index contributed by atoms with van der Waals surface area (Å²) in [6.07, 6.45) is 5.18. The van der Waals surface area contributed by atoms with Crippen LogP contribution in [0.25, 0.3) is 22.3 Å². The molecule has 0 atom stereocenters. The number of aromatic nitrogens is 2. The van der Waals surface area contributed by atoms with Gasteiger partial charge in [0, 0.05) is 42.8 Å². The molecule has 2 amide bonds. The molecular weight excluding hydrogens is 536 g/mol. The van der Waals surface area contributed by atoms with Crippen LogP contribution in [0.3, 0.4) is 0 Å². The van der Waals surface area contributed by atoms with Crippen LogP contribution in [-0.2, 0) is 4.74 Å². The maximum absolute atomic E-state index is 13.6. The number of pyridine rings is 2. The summed E-state index contributed by atoms with van der Waals surface area (Å²) < 4.78 is 5.93. The highest BCUT2D eigenvalue weighted by molar-refractivity contribution is 6.13. The third kappa shape index (κ3) is 7.74. The van der Waals surface area contributed by atoms with Gasteiger partial charge in [0.05, 0.1) is 28.2 Å². The van der Waals surface area contributed by atoms with Crippen molar-refractivity contribution in [2.45, 2.75) is 54.4 Å². The molecule has 0 radical (unpaired) electrons. The van der Waals surface area contributed by atoms with Crippen molar-refractivity contribution in [3.05, 3.63) is 112 Å². The molecule has 0 spiro atoms. The Morgan fingerprint density at radius 2 is 1.72 bits per heavy atom. The number of carbonyl (C=O) groups is 2. The number of ether oxygens (including phenoxy) is 1. The first-order valence-corrected chi connectivity index (χ1v) is 14.5. The fourth-order valence-electron chi connectivity index (χ4n) is 4.86. The van der Waals surface area contributed by atoms with Gasteiger partial charge in [0.15, 0.2) is 0 Å². The van der Waals surface area contributed by atoms with Gasteiger partial charge in [-0.1, -0.05) is 17.7 Å². The zero-order valence-electron chi connectivity index (χ0n) is 26.1. The predicted octanol–water partition coefficient (Wildman–Crippen LogP) is 8.25. The van der Waals surface area contributed by atoms with E-state index in [1.165, 1.54) is 0 Å². The second kappa shape index (κ2) is 13.9. The van der Waals surface area contributed by atoms with Crippen LogP contribution in [0.15, 0.2) is 90.0 Å². The van der Waals surface area contributed by atoms with E-state index in [0.717, 1.165) is 52.0 Å². The number of anilines is 1. The van der Waals surface area contributed by atoms with Crippen LogP contribution in [0.5, 0.6) is 0 Å². The van der Waals surface area contributed by atoms with Gasteiger partial charge in [-0.25, -0.2) is 4.98 Å². The molecule has 7 nitrogen and oxygen atoms in total. The molecule has 0 aliphatic carbocycles. The summed E-state index contributed by atoms with van der Waals surface area (Å²) >= 11 is 0. The molecule has 1 N–H and O–H groups in total. The van der Waals surface area contributed by atoms with Crippen molar-refractivity contribution in [3.8, 4) is 11.4 Å². The Balaban J connectivity index is 1.47. The number of nitrogens with one attached hydrogen (secondary N) is 1. The summed E-state index contributed by atoms with van der Waals surface area (Å²) in [5, 5.41) is 3.79. The Labute approximate surface area is 254 Å². The molecule has 2 heterocycles. The minimum Gasteiger partial charge on any atom is -0.467 e. The zero-order valence-corrected chi connectivity index (χ0v) is 26.1. The largest absolute Gasteiger partial charge is 0.467 e. The number of rotatable bonds is 10. The number of nitrogens with zero attached hydrogens (tertiary/aromatic N) is 3. The molecule has 0 fully saturated rings. The SMILES string of the molecule is C/C=C(/C)OC(CCCN(C)C(=O)c1ccc(NC(=O)c2cc(-c3ccccn3)nc3c(C)cc(C)cc23)cc1)=C(C)C. The third-order valence-electron chi connectivity index (χ3n) is 7.30. The highest BCUT2D eigenvalue weighted by Crippen LogP contribution is 2.28. The van der Waals surface area contributed by atoms with Crippen LogP contribution in [0.4, 0.5) is 5.69 Å². The molecule has 0 bridgehead atoms. The van der Waals surface area contributed by atoms with Crippen molar-refractivity contribution < 1.29 is 14.3 Å². The molecule has 4 rings (SSSR count). The normalized spacial score (nSPS) is 11.3. The van der Waals surface area contributed by atoms with E-state index < -0.39 is 0 Å². The minimum atomic E-state index is -0.253. The molecule has 0 saturated heterocycles. The molecule has 2 aromatic carbocycles. The van der Waals surface area contributed by atoms with Gasteiger partial charge in [-0.3, -0.25) is 14.6 Å². The van der Waals surface area contributed by atoms with Gasteiger partial charge in [0.2, 0.25) is 0 Å². The highest BCUT2D eigenvalue weighted by atomic mass is 16.5. The summed E-state index contributed by atoms with van der Waals surface area (Å²) in [6, 6.07) is 18.5. The van der Waals surface area contributed by atoms with Crippen molar-refractivity contribution in [2.75, 3.05) is 18.9 Å². The van der Waals surface area contributed by atoms with E-state index in [9.17, 15) is 9.59 Å². The second-order valence-electron chi connectivity index (χ2n) is 11.0. The number of fused-ring (bicyclic) bond motifs is 1. The van der Waals surface area contributed by atoms with Crippen LogP contribution >= 0.6 is 0 Å². The van der Waals surface area contributed by atoms with Gasteiger partial charge in [-0.05, 0) is 114 Å². The number of benzene rings is 2. The van der Waals surface area contributed by atoms with E-state index in [-0.39, 0.29) is 11.8 Å². The van der Waals surface area contributed by atoms with E-state index >= 15 is 0 Å². The van der Waals surface area contributed by atoms with Crippen molar-refractivity contribution >= 4 is 28.4 Å². The first-order valence-electron chi connectivity index (χ1n) is 14.5. The average Bonchev–Trinajstić information content (AvgIpc) is 3.00. The first-order chi connectivity index (χ1) is 20.6. The van der Waals surface area contributed by atoms with Gasteiger partial charge in [0.1, 0.15) is 5.76 Å². The van der Waals surface area contributed by atoms with E-state index in [1.54, 1.807) is 48.5 Å². The first kappa shape index (κ1) is 31.2. The van der Waals surface area contributed by atoms with Gasteiger partial charge in [-0.15, -0.1) is 0 Å². The van der Waals surface area contributed by atoms with Gasteiger partial charge >= 0.3 is 0 Å². The fraction of sp³-hybridized carbons (Fsp3) is 0.278. The fourth-order valence-corrected chi connectivity index (χ4v) is 4.86. The Bertz CT molecular complexity index is 1690. The maximum Gasteiger partial charge on any atom is 0.256 e. The van der Waals surface area contributed by atoms with E-state index in [1.807, 2.05) is 71.9 Å². The van der Waals surface area contributed by atoms with Gasteiger partial charge in [0.25, 0.3) is 11.8 Å². The number of hydrogen-bond acceptors (Lipinski definition) is 5. The smallest absolute Gasteiger partial charge is 0.256 e. The number of carbonyl (C=O) groups excluding carboxylic acids is 2. The minimum absolute atomic E-state index is 0.0757. The molecule has 2 aromatic heterocycles. The Hall–Kier alpha value is -4.78. The Kier molecular flexibility index (Phi) is 10.1. The molecule has 222 valence electrons. The van der Waals surface area contributed by atoms with Crippen molar-refractivity contribution in [2.24, 2.45) is 0 Å². The maximum atomic E-state index is 13.6.